The van der Waals surface area contributed by atoms with Crippen LogP contribution in [0, 0.1) is 6.92 Å². The molecule has 0 bridgehead atoms. The average Bonchev–Trinajstić information content (AvgIpc) is 3.31. The van der Waals surface area contributed by atoms with E-state index in [1.54, 1.807) is 0 Å². The molecule has 0 atom stereocenters. The second-order valence-corrected chi connectivity index (χ2v) is 10.1. The van der Waals surface area contributed by atoms with E-state index in [1.807, 2.05) is 6.07 Å². The van der Waals surface area contributed by atoms with Crippen molar-refractivity contribution in [3.8, 4) is 22.4 Å². The first-order valence-electron chi connectivity index (χ1n) is 12.8. The fourth-order valence-corrected chi connectivity index (χ4v) is 5.38. The lowest BCUT2D eigenvalue weighted by molar-refractivity contribution is 0.670. The Morgan fingerprint density at radius 2 is 1.38 bits per heavy atom. The van der Waals surface area contributed by atoms with E-state index in [4.69, 9.17) is 14.4 Å². The number of furan rings is 1. The number of nitrogens with zero attached hydrogens (tertiary/aromatic N) is 2. The van der Waals surface area contributed by atoms with Crippen LogP contribution in [0.3, 0.4) is 0 Å². The van der Waals surface area contributed by atoms with Crippen LogP contribution in [0.1, 0.15) is 31.2 Å². The van der Waals surface area contributed by atoms with Crippen LogP contribution in [0.15, 0.2) is 101 Å². The fraction of sp³-hybridized carbons (Fsp3) is 0.118. The molecular formula is C34H26N2O. The highest BCUT2D eigenvalue weighted by atomic mass is 16.3. The van der Waals surface area contributed by atoms with Gasteiger partial charge in [0.25, 0.3) is 0 Å². The normalized spacial score (nSPS) is 11.9. The van der Waals surface area contributed by atoms with Crippen molar-refractivity contribution in [3.63, 3.8) is 0 Å². The minimum absolute atomic E-state index is 0.200. The van der Waals surface area contributed by atoms with E-state index in [-0.39, 0.29) is 5.92 Å². The van der Waals surface area contributed by atoms with Crippen molar-refractivity contribution in [1.29, 1.82) is 0 Å². The average molecular weight is 479 g/mol. The molecule has 5 aromatic carbocycles. The van der Waals surface area contributed by atoms with Gasteiger partial charge in [-0.25, -0.2) is 9.97 Å². The van der Waals surface area contributed by atoms with E-state index in [1.165, 1.54) is 16.5 Å². The molecule has 2 heterocycles. The molecule has 0 radical (unpaired) electrons. The van der Waals surface area contributed by atoms with Gasteiger partial charge in [0.05, 0.1) is 11.2 Å². The molecule has 0 aliphatic carbocycles. The number of hydrogen-bond donors (Lipinski definition) is 0. The van der Waals surface area contributed by atoms with E-state index in [9.17, 15) is 0 Å². The SMILES string of the molecule is Cc1cccc2c1ccc1c(-c3cccc4c3oc3cc(-c5ccccc5)ccc34)nc(C(C)C)nc12. The van der Waals surface area contributed by atoms with Crippen LogP contribution >= 0.6 is 0 Å². The van der Waals surface area contributed by atoms with Crippen LogP contribution in [0.4, 0.5) is 0 Å². The van der Waals surface area contributed by atoms with Gasteiger partial charge in [-0.3, -0.25) is 0 Å². The number of benzene rings is 5. The third-order valence-electron chi connectivity index (χ3n) is 7.34. The van der Waals surface area contributed by atoms with Crippen LogP contribution in [-0.4, -0.2) is 9.97 Å². The van der Waals surface area contributed by atoms with Gasteiger partial charge < -0.3 is 4.42 Å². The number of aromatic nitrogens is 2. The van der Waals surface area contributed by atoms with Gasteiger partial charge in [-0.2, -0.15) is 0 Å². The Balaban J connectivity index is 1.53. The summed E-state index contributed by atoms with van der Waals surface area (Å²) in [7, 11) is 0. The van der Waals surface area contributed by atoms with E-state index >= 15 is 0 Å². The van der Waals surface area contributed by atoms with Crippen LogP contribution in [-0.2, 0) is 0 Å². The minimum Gasteiger partial charge on any atom is -0.455 e. The summed E-state index contributed by atoms with van der Waals surface area (Å²) in [5.74, 6) is 1.04. The Labute approximate surface area is 215 Å². The first-order valence-corrected chi connectivity index (χ1v) is 12.8. The number of aryl methyl sites for hydroxylation is 1. The zero-order valence-corrected chi connectivity index (χ0v) is 21.1. The quantitative estimate of drug-likeness (QED) is 0.237. The van der Waals surface area contributed by atoms with Crippen molar-refractivity contribution in [2.45, 2.75) is 26.7 Å². The van der Waals surface area contributed by atoms with Gasteiger partial charge in [0.2, 0.25) is 0 Å². The van der Waals surface area contributed by atoms with Crippen molar-refractivity contribution < 1.29 is 4.42 Å². The first-order chi connectivity index (χ1) is 18.1. The smallest absolute Gasteiger partial charge is 0.144 e. The summed E-state index contributed by atoms with van der Waals surface area (Å²) in [6, 6.07) is 34.0. The van der Waals surface area contributed by atoms with Crippen molar-refractivity contribution in [3.05, 3.63) is 108 Å². The van der Waals surface area contributed by atoms with E-state index in [2.05, 4.69) is 112 Å². The molecule has 7 rings (SSSR count). The number of fused-ring (bicyclic) bond motifs is 6. The van der Waals surface area contributed by atoms with Crippen LogP contribution in [0.2, 0.25) is 0 Å². The Kier molecular flexibility index (Phi) is 4.87. The molecule has 37 heavy (non-hydrogen) atoms. The number of rotatable bonds is 3. The minimum atomic E-state index is 0.200. The first kappa shape index (κ1) is 21.8. The molecule has 0 aliphatic heterocycles. The zero-order chi connectivity index (χ0) is 25.1. The van der Waals surface area contributed by atoms with Gasteiger partial charge in [0, 0.05) is 33.0 Å². The van der Waals surface area contributed by atoms with E-state index in [0.29, 0.717) is 0 Å². The molecule has 178 valence electrons. The lowest BCUT2D eigenvalue weighted by Crippen LogP contribution is -2.01. The highest BCUT2D eigenvalue weighted by Gasteiger charge is 2.19. The van der Waals surface area contributed by atoms with Gasteiger partial charge in [-0.15, -0.1) is 0 Å². The van der Waals surface area contributed by atoms with Gasteiger partial charge in [-0.05, 0) is 53.3 Å². The van der Waals surface area contributed by atoms with E-state index < -0.39 is 0 Å². The molecular weight excluding hydrogens is 452 g/mol. The molecule has 0 amide bonds. The molecule has 3 heteroatoms. The Bertz CT molecular complexity index is 1970. The Morgan fingerprint density at radius 3 is 2.22 bits per heavy atom. The Morgan fingerprint density at radius 1 is 0.622 bits per heavy atom. The summed E-state index contributed by atoms with van der Waals surface area (Å²) in [6.45, 7) is 6.45. The molecule has 7 aromatic rings. The lowest BCUT2D eigenvalue weighted by Gasteiger charge is -2.13. The third kappa shape index (κ3) is 3.42. The standard InChI is InChI=1S/C34H26N2O/c1-20(2)34-35-31-26-12-7-9-21(3)24(26)17-18-28(31)32(36-34)29-14-8-13-27-25-16-15-23(19-30(25)37-33(27)29)22-10-5-4-6-11-22/h4-20H,1-3H3. The molecule has 0 spiro atoms. The van der Waals surface area contributed by atoms with Gasteiger partial charge in [-0.1, -0.05) is 86.6 Å². The summed E-state index contributed by atoms with van der Waals surface area (Å²) >= 11 is 0. The maximum absolute atomic E-state index is 6.60. The second-order valence-electron chi connectivity index (χ2n) is 10.1. The predicted molar refractivity (Wildman–Crippen MR) is 154 cm³/mol. The Hall–Kier alpha value is -4.50. The largest absolute Gasteiger partial charge is 0.455 e. The maximum Gasteiger partial charge on any atom is 0.144 e. The highest BCUT2D eigenvalue weighted by Crippen LogP contribution is 2.40. The molecule has 0 N–H and O–H groups in total. The molecule has 0 saturated heterocycles. The summed E-state index contributed by atoms with van der Waals surface area (Å²) in [4.78, 5) is 10.2. The maximum atomic E-state index is 6.60. The monoisotopic (exact) mass is 478 g/mol. The van der Waals surface area contributed by atoms with Crippen molar-refractivity contribution >= 4 is 43.6 Å². The van der Waals surface area contributed by atoms with Gasteiger partial charge in [0.15, 0.2) is 0 Å². The molecule has 0 fully saturated rings. The summed E-state index contributed by atoms with van der Waals surface area (Å²) < 4.78 is 6.60. The summed E-state index contributed by atoms with van der Waals surface area (Å²) in [6.07, 6.45) is 0. The van der Waals surface area contributed by atoms with Crippen molar-refractivity contribution in [1.82, 2.24) is 9.97 Å². The molecule has 3 nitrogen and oxygen atoms in total. The van der Waals surface area contributed by atoms with Gasteiger partial charge in [0.1, 0.15) is 17.0 Å². The second kappa shape index (κ2) is 8.28. The highest BCUT2D eigenvalue weighted by molar-refractivity contribution is 6.15. The summed E-state index contributed by atoms with van der Waals surface area (Å²) in [5, 5.41) is 5.64. The molecule has 0 saturated carbocycles. The predicted octanol–water partition coefficient (Wildman–Crippen LogP) is 9.45. The van der Waals surface area contributed by atoms with Crippen LogP contribution in [0.25, 0.3) is 66.0 Å². The zero-order valence-electron chi connectivity index (χ0n) is 21.1. The lowest BCUT2D eigenvalue weighted by atomic mass is 9.98. The van der Waals surface area contributed by atoms with E-state index in [0.717, 1.165) is 60.9 Å². The van der Waals surface area contributed by atoms with Gasteiger partial charge >= 0.3 is 0 Å². The number of hydrogen-bond acceptors (Lipinski definition) is 3. The molecule has 0 aliphatic rings. The molecule has 0 unspecified atom stereocenters. The van der Waals surface area contributed by atoms with Crippen molar-refractivity contribution in [2.24, 2.45) is 0 Å². The number of para-hydroxylation sites is 1. The summed E-state index contributed by atoms with van der Waals surface area (Å²) in [5.41, 5.74) is 8.23. The molecule has 2 aromatic heterocycles. The topological polar surface area (TPSA) is 38.9 Å². The third-order valence-corrected chi connectivity index (χ3v) is 7.34. The fourth-order valence-electron chi connectivity index (χ4n) is 5.38. The van der Waals surface area contributed by atoms with Crippen molar-refractivity contribution in [2.75, 3.05) is 0 Å². The van der Waals surface area contributed by atoms with Crippen LogP contribution < -0.4 is 0 Å². The van der Waals surface area contributed by atoms with Crippen LogP contribution in [0.5, 0.6) is 0 Å².